The summed E-state index contributed by atoms with van der Waals surface area (Å²) in [7, 11) is 1.58. The van der Waals surface area contributed by atoms with Gasteiger partial charge in [0.25, 0.3) is 0 Å². The fourth-order valence-corrected chi connectivity index (χ4v) is 4.83. The van der Waals surface area contributed by atoms with Crippen molar-refractivity contribution in [2.75, 3.05) is 13.7 Å². The number of phenolic OH excluding ortho intramolecular Hbond substituents is 1. The molecule has 0 radical (unpaired) electrons. The number of phenols is 1. The standard InChI is InChI=1S/C25H26ClNO4/c1-6-31-25(29)22-21(17-9-13(2)24(28)14(3)10-17)15(4)27-8-7-16-11-19(26)20(30-5)12-18(16)23(22)27/h9-12,28H,6-8H2,1-5H3. The lowest BCUT2D eigenvalue weighted by Crippen LogP contribution is -2.14. The van der Waals surface area contributed by atoms with Crippen LogP contribution in [-0.2, 0) is 17.7 Å². The van der Waals surface area contributed by atoms with Gasteiger partial charge in [0.2, 0.25) is 0 Å². The number of ether oxygens (including phenoxy) is 2. The third kappa shape index (κ3) is 3.37. The molecule has 0 spiro atoms. The van der Waals surface area contributed by atoms with Crippen molar-refractivity contribution in [1.82, 2.24) is 4.57 Å². The van der Waals surface area contributed by atoms with E-state index in [9.17, 15) is 9.90 Å². The predicted molar refractivity (Wildman–Crippen MR) is 122 cm³/mol. The monoisotopic (exact) mass is 439 g/mol. The van der Waals surface area contributed by atoms with Crippen LogP contribution in [-0.4, -0.2) is 29.4 Å². The van der Waals surface area contributed by atoms with Crippen LogP contribution in [0, 0.1) is 20.8 Å². The van der Waals surface area contributed by atoms with Gasteiger partial charge in [-0.05, 0) is 80.6 Å². The molecule has 1 aromatic heterocycles. The van der Waals surface area contributed by atoms with Crippen molar-refractivity contribution < 1.29 is 19.4 Å². The summed E-state index contributed by atoms with van der Waals surface area (Å²) in [4.78, 5) is 13.2. The van der Waals surface area contributed by atoms with Crippen molar-refractivity contribution in [3.63, 3.8) is 0 Å². The fraction of sp³-hybridized carbons (Fsp3) is 0.320. The number of benzene rings is 2. The Labute approximate surface area is 187 Å². The third-order valence-corrected chi connectivity index (χ3v) is 6.32. The number of halogens is 1. The zero-order valence-electron chi connectivity index (χ0n) is 18.4. The number of fused-ring (bicyclic) bond motifs is 3. The van der Waals surface area contributed by atoms with Crippen molar-refractivity contribution in [2.45, 2.75) is 40.7 Å². The highest BCUT2D eigenvalue weighted by Gasteiger charge is 2.32. The number of carbonyl (C=O) groups is 1. The molecule has 1 aliphatic rings. The molecule has 1 aliphatic heterocycles. The Morgan fingerprint density at radius 2 is 1.84 bits per heavy atom. The van der Waals surface area contributed by atoms with Crippen LogP contribution >= 0.6 is 11.6 Å². The molecule has 0 atom stereocenters. The van der Waals surface area contributed by atoms with Crippen LogP contribution in [0.15, 0.2) is 24.3 Å². The minimum atomic E-state index is -0.362. The molecular weight excluding hydrogens is 414 g/mol. The molecule has 0 fully saturated rings. The van der Waals surface area contributed by atoms with Gasteiger partial charge in [-0.2, -0.15) is 0 Å². The number of carbonyl (C=O) groups excluding carboxylic acids is 1. The zero-order valence-corrected chi connectivity index (χ0v) is 19.2. The summed E-state index contributed by atoms with van der Waals surface area (Å²) in [5.41, 5.74) is 7.61. The topological polar surface area (TPSA) is 60.7 Å². The van der Waals surface area contributed by atoms with E-state index in [1.54, 1.807) is 14.0 Å². The van der Waals surface area contributed by atoms with Crippen LogP contribution in [0.25, 0.3) is 22.4 Å². The van der Waals surface area contributed by atoms with Gasteiger partial charge in [0.05, 0.1) is 30.0 Å². The molecule has 5 nitrogen and oxygen atoms in total. The van der Waals surface area contributed by atoms with Crippen LogP contribution in [0.4, 0.5) is 0 Å². The summed E-state index contributed by atoms with van der Waals surface area (Å²) >= 11 is 6.38. The highest BCUT2D eigenvalue weighted by atomic mass is 35.5. The second-order valence-corrected chi connectivity index (χ2v) is 8.32. The van der Waals surface area contributed by atoms with Gasteiger partial charge >= 0.3 is 5.97 Å². The lowest BCUT2D eigenvalue weighted by atomic mass is 9.92. The van der Waals surface area contributed by atoms with E-state index in [0.717, 1.165) is 57.7 Å². The molecule has 162 valence electrons. The molecule has 0 saturated heterocycles. The second-order valence-electron chi connectivity index (χ2n) is 7.91. The van der Waals surface area contributed by atoms with Gasteiger partial charge < -0.3 is 19.1 Å². The van der Waals surface area contributed by atoms with Gasteiger partial charge in [0.15, 0.2) is 0 Å². The molecule has 0 unspecified atom stereocenters. The van der Waals surface area contributed by atoms with Crippen LogP contribution in [0.5, 0.6) is 11.5 Å². The lowest BCUT2D eigenvalue weighted by Gasteiger charge is -2.22. The van der Waals surface area contributed by atoms with E-state index in [4.69, 9.17) is 21.1 Å². The largest absolute Gasteiger partial charge is 0.507 e. The normalized spacial score (nSPS) is 12.3. The lowest BCUT2D eigenvalue weighted by molar-refractivity contribution is 0.0528. The minimum Gasteiger partial charge on any atom is -0.507 e. The highest BCUT2D eigenvalue weighted by Crippen LogP contribution is 2.45. The molecule has 0 saturated carbocycles. The summed E-state index contributed by atoms with van der Waals surface area (Å²) in [6.45, 7) is 8.58. The Kier molecular flexibility index (Phi) is 5.48. The zero-order chi connectivity index (χ0) is 22.4. The summed E-state index contributed by atoms with van der Waals surface area (Å²) in [6, 6.07) is 7.67. The molecule has 2 heterocycles. The van der Waals surface area contributed by atoms with E-state index in [-0.39, 0.29) is 18.3 Å². The van der Waals surface area contributed by atoms with Gasteiger partial charge in [-0.3, -0.25) is 0 Å². The number of aromatic hydroxyl groups is 1. The quantitative estimate of drug-likeness (QED) is 0.518. The highest BCUT2D eigenvalue weighted by molar-refractivity contribution is 6.32. The molecule has 0 amide bonds. The number of methoxy groups -OCH3 is 1. The van der Waals surface area contributed by atoms with Crippen LogP contribution in [0.3, 0.4) is 0 Å². The second kappa shape index (κ2) is 7.97. The molecule has 1 N–H and O–H groups in total. The first kappa shape index (κ1) is 21.3. The van der Waals surface area contributed by atoms with Gasteiger partial charge in [-0.25, -0.2) is 4.79 Å². The van der Waals surface area contributed by atoms with E-state index < -0.39 is 0 Å². The first-order chi connectivity index (χ1) is 14.8. The maximum Gasteiger partial charge on any atom is 0.340 e. The van der Waals surface area contributed by atoms with E-state index in [2.05, 4.69) is 4.57 Å². The molecule has 2 aromatic carbocycles. The Morgan fingerprint density at radius 1 is 1.16 bits per heavy atom. The SMILES string of the molecule is CCOC(=O)c1c(-c2cc(C)c(O)c(C)c2)c(C)n2c1-c1cc(OC)c(Cl)cc1CC2. The summed E-state index contributed by atoms with van der Waals surface area (Å²) < 4.78 is 13.1. The van der Waals surface area contributed by atoms with Crippen molar-refractivity contribution in [2.24, 2.45) is 0 Å². The summed E-state index contributed by atoms with van der Waals surface area (Å²) in [5.74, 6) is 0.479. The van der Waals surface area contributed by atoms with E-state index in [1.165, 1.54) is 0 Å². The van der Waals surface area contributed by atoms with Gasteiger partial charge in [-0.15, -0.1) is 0 Å². The number of rotatable bonds is 4. The molecule has 31 heavy (non-hydrogen) atoms. The predicted octanol–water partition coefficient (Wildman–Crippen LogP) is 5.85. The summed E-state index contributed by atoms with van der Waals surface area (Å²) in [5, 5.41) is 10.8. The summed E-state index contributed by atoms with van der Waals surface area (Å²) in [6.07, 6.45) is 0.802. The average Bonchev–Trinajstić information content (AvgIpc) is 3.04. The van der Waals surface area contributed by atoms with Crippen molar-refractivity contribution >= 4 is 17.6 Å². The van der Waals surface area contributed by atoms with E-state index in [0.29, 0.717) is 16.3 Å². The van der Waals surface area contributed by atoms with Crippen molar-refractivity contribution in [1.29, 1.82) is 0 Å². The number of hydrogen-bond donors (Lipinski definition) is 1. The van der Waals surface area contributed by atoms with Crippen LogP contribution in [0.2, 0.25) is 5.02 Å². The molecular formula is C25H26ClNO4. The first-order valence-electron chi connectivity index (χ1n) is 10.4. The molecule has 3 aromatic rings. The fourth-order valence-electron chi connectivity index (χ4n) is 4.56. The van der Waals surface area contributed by atoms with Crippen LogP contribution < -0.4 is 4.74 Å². The smallest absolute Gasteiger partial charge is 0.340 e. The Morgan fingerprint density at radius 3 is 2.45 bits per heavy atom. The minimum absolute atomic E-state index is 0.271. The maximum absolute atomic E-state index is 13.2. The number of esters is 1. The Hall–Kier alpha value is -2.92. The van der Waals surface area contributed by atoms with Gasteiger partial charge in [0.1, 0.15) is 11.5 Å². The molecule has 4 rings (SSSR count). The number of hydrogen-bond acceptors (Lipinski definition) is 4. The average molecular weight is 440 g/mol. The first-order valence-corrected chi connectivity index (χ1v) is 10.7. The maximum atomic E-state index is 13.2. The van der Waals surface area contributed by atoms with Crippen LogP contribution in [0.1, 0.15) is 39.7 Å². The Balaban J connectivity index is 2.07. The van der Waals surface area contributed by atoms with E-state index in [1.807, 2.05) is 45.0 Å². The van der Waals surface area contributed by atoms with Gasteiger partial charge in [0, 0.05) is 23.4 Å². The third-order valence-electron chi connectivity index (χ3n) is 6.02. The van der Waals surface area contributed by atoms with Gasteiger partial charge in [-0.1, -0.05) is 11.6 Å². The van der Waals surface area contributed by atoms with E-state index >= 15 is 0 Å². The molecule has 0 aliphatic carbocycles. The molecule has 0 bridgehead atoms. The molecule has 6 heteroatoms. The number of nitrogens with zero attached hydrogens (tertiary/aromatic N) is 1. The van der Waals surface area contributed by atoms with Crippen molar-refractivity contribution in [3.05, 3.63) is 57.2 Å². The Bertz CT molecular complexity index is 1190. The van der Waals surface area contributed by atoms with Crippen molar-refractivity contribution in [3.8, 4) is 33.9 Å². The number of aromatic nitrogens is 1. The number of aryl methyl sites for hydroxylation is 3.